The molecule has 0 radical (unpaired) electrons. The number of benzene rings is 3. The van der Waals surface area contributed by atoms with Crippen molar-refractivity contribution in [2.45, 2.75) is 6.92 Å². The molecule has 0 aliphatic carbocycles. The van der Waals surface area contributed by atoms with Gasteiger partial charge < -0.3 is 9.15 Å². The fourth-order valence-corrected chi connectivity index (χ4v) is 3.49. The van der Waals surface area contributed by atoms with Gasteiger partial charge in [0.05, 0.1) is 23.9 Å². The average molecular weight is 384 g/mol. The van der Waals surface area contributed by atoms with Gasteiger partial charge in [-0.05, 0) is 67.1 Å². The van der Waals surface area contributed by atoms with Crippen LogP contribution in [0.2, 0.25) is 0 Å². The number of carbonyl (C=O) groups excluding carboxylic acids is 2. The first-order chi connectivity index (χ1) is 14.0. The van der Waals surface area contributed by atoms with E-state index in [2.05, 4.69) is 4.98 Å². The zero-order valence-corrected chi connectivity index (χ0v) is 15.8. The summed E-state index contributed by atoms with van der Waals surface area (Å²) >= 11 is 0. The minimum Gasteiger partial charge on any atom is -0.497 e. The van der Waals surface area contributed by atoms with Gasteiger partial charge in [-0.15, -0.1) is 0 Å². The van der Waals surface area contributed by atoms with Gasteiger partial charge in [-0.2, -0.15) is 0 Å². The Morgan fingerprint density at radius 2 is 1.66 bits per heavy atom. The molecule has 0 fully saturated rings. The van der Waals surface area contributed by atoms with Gasteiger partial charge in [-0.25, -0.2) is 9.88 Å². The summed E-state index contributed by atoms with van der Waals surface area (Å²) in [7, 11) is 1.56. The molecular formula is C23H16N2O4. The van der Waals surface area contributed by atoms with Crippen LogP contribution in [0, 0.1) is 6.92 Å². The van der Waals surface area contributed by atoms with Gasteiger partial charge in [-0.1, -0.05) is 6.07 Å². The molecule has 0 atom stereocenters. The van der Waals surface area contributed by atoms with Gasteiger partial charge in [-0.3, -0.25) is 9.59 Å². The van der Waals surface area contributed by atoms with E-state index in [1.165, 1.54) is 4.90 Å². The van der Waals surface area contributed by atoms with Gasteiger partial charge in [0, 0.05) is 5.56 Å². The molecule has 142 valence electrons. The smallest absolute Gasteiger partial charge is 0.266 e. The Morgan fingerprint density at radius 1 is 0.897 bits per heavy atom. The van der Waals surface area contributed by atoms with Crippen LogP contribution >= 0.6 is 0 Å². The fourth-order valence-electron chi connectivity index (χ4n) is 3.49. The molecule has 0 saturated heterocycles. The maximum absolute atomic E-state index is 13.0. The van der Waals surface area contributed by atoms with Crippen molar-refractivity contribution >= 4 is 28.6 Å². The first kappa shape index (κ1) is 17.2. The average Bonchev–Trinajstić information content (AvgIpc) is 3.26. The third kappa shape index (κ3) is 2.69. The second kappa shape index (κ2) is 6.31. The van der Waals surface area contributed by atoms with Crippen LogP contribution in [0.15, 0.2) is 65.1 Å². The largest absolute Gasteiger partial charge is 0.497 e. The van der Waals surface area contributed by atoms with Gasteiger partial charge in [0.25, 0.3) is 11.8 Å². The van der Waals surface area contributed by atoms with E-state index in [1.807, 2.05) is 25.1 Å². The van der Waals surface area contributed by atoms with Crippen LogP contribution in [-0.4, -0.2) is 23.9 Å². The number of fused-ring (bicyclic) bond motifs is 2. The van der Waals surface area contributed by atoms with Gasteiger partial charge in [0.2, 0.25) is 5.89 Å². The van der Waals surface area contributed by atoms with Crippen LogP contribution in [-0.2, 0) is 0 Å². The summed E-state index contributed by atoms with van der Waals surface area (Å²) in [6.45, 7) is 1.98. The lowest BCUT2D eigenvalue weighted by atomic mass is 10.1. The zero-order chi connectivity index (χ0) is 20.1. The van der Waals surface area contributed by atoms with Crippen LogP contribution in [0.3, 0.4) is 0 Å². The maximum atomic E-state index is 13.0. The van der Waals surface area contributed by atoms with Gasteiger partial charge in [0.1, 0.15) is 11.3 Å². The highest BCUT2D eigenvalue weighted by molar-refractivity contribution is 6.34. The van der Waals surface area contributed by atoms with Crippen LogP contribution in [0.25, 0.3) is 22.6 Å². The van der Waals surface area contributed by atoms with Crippen molar-refractivity contribution in [3.8, 4) is 17.2 Å². The molecule has 2 heterocycles. The van der Waals surface area contributed by atoms with Crippen molar-refractivity contribution in [3.05, 3.63) is 77.4 Å². The first-order valence-electron chi connectivity index (χ1n) is 9.09. The third-order valence-corrected chi connectivity index (χ3v) is 5.01. The lowest BCUT2D eigenvalue weighted by Crippen LogP contribution is -2.29. The second-order valence-electron chi connectivity index (χ2n) is 6.89. The molecule has 5 rings (SSSR count). The lowest BCUT2D eigenvalue weighted by molar-refractivity contribution is 0.0926. The molecule has 1 aliphatic rings. The quantitative estimate of drug-likeness (QED) is 0.482. The van der Waals surface area contributed by atoms with Crippen LogP contribution in [0.5, 0.6) is 5.75 Å². The van der Waals surface area contributed by atoms with Crippen molar-refractivity contribution in [2.75, 3.05) is 12.0 Å². The SMILES string of the molecule is COc1ccc(N2C(=O)c3ccc(-c4nc5ccc(C)cc5o4)cc3C2=O)cc1. The Hall–Kier alpha value is -3.93. The predicted octanol–water partition coefficient (Wildman–Crippen LogP) is 4.61. The number of anilines is 1. The third-order valence-electron chi connectivity index (χ3n) is 5.01. The van der Waals surface area contributed by atoms with Gasteiger partial charge in [0.15, 0.2) is 5.58 Å². The number of nitrogens with zero attached hydrogens (tertiary/aromatic N) is 2. The number of aryl methyl sites for hydroxylation is 1. The minimum absolute atomic E-state index is 0.335. The van der Waals surface area contributed by atoms with Crippen LogP contribution in [0.4, 0.5) is 5.69 Å². The molecule has 6 nitrogen and oxygen atoms in total. The normalized spacial score (nSPS) is 13.2. The van der Waals surface area contributed by atoms with E-state index < -0.39 is 0 Å². The van der Waals surface area contributed by atoms with E-state index in [-0.39, 0.29) is 11.8 Å². The molecule has 29 heavy (non-hydrogen) atoms. The highest BCUT2D eigenvalue weighted by Gasteiger charge is 2.37. The number of methoxy groups -OCH3 is 1. The van der Waals surface area contributed by atoms with Crippen molar-refractivity contribution in [3.63, 3.8) is 0 Å². The number of ether oxygens (including phenoxy) is 1. The Kier molecular flexibility index (Phi) is 3.74. The predicted molar refractivity (Wildman–Crippen MR) is 108 cm³/mol. The van der Waals surface area contributed by atoms with Gasteiger partial charge >= 0.3 is 0 Å². The molecule has 6 heteroatoms. The zero-order valence-electron chi connectivity index (χ0n) is 15.8. The number of aromatic nitrogens is 1. The molecule has 1 aromatic heterocycles. The van der Waals surface area contributed by atoms with E-state index in [0.717, 1.165) is 11.1 Å². The van der Waals surface area contributed by atoms with E-state index >= 15 is 0 Å². The summed E-state index contributed by atoms with van der Waals surface area (Å²) < 4.78 is 11.0. The number of hydrogen-bond acceptors (Lipinski definition) is 5. The van der Waals surface area contributed by atoms with E-state index in [4.69, 9.17) is 9.15 Å². The van der Waals surface area contributed by atoms with Crippen molar-refractivity contribution in [1.29, 1.82) is 0 Å². The Morgan fingerprint density at radius 3 is 2.41 bits per heavy atom. The molecular weight excluding hydrogens is 368 g/mol. The second-order valence-corrected chi connectivity index (χ2v) is 6.89. The summed E-state index contributed by atoms with van der Waals surface area (Å²) in [5.74, 6) is 0.342. The van der Waals surface area contributed by atoms with E-state index in [0.29, 0.717) is 39.6 Å². The molecule has 0 saturated carbocycles. The molecule has 3 aromatic carbocycles. The molecule has 0 spiro atoms. The number of oxazole rings is 1. The number of amides is 2. The summed E-state index contributed by atoms with van der Waals surface area (Å²) in [5.41, 5.74) is 4.34. The van der Waals surface area contributed by atoms with Crippen LogP contribution in [0.1, 0.15) is 26.3 Å². The number of rotatable bonds is 3. The monoisotopic (exact) mass is 384 g/mol. The summed E-state index contributed by atoms with van der Waals surface area (Å²) in [4.78, 5) is 31.5. The molecule has 0 unspecified atom stereocenters. The van der Waals surface area contributed by atoms with Crippen molar-refractivity contribution < 1.29 is 18.7 Å². The van der Waals surface area contributed by atoms with Crippen LogP contribution < -0.4 is 9.64 Å². The summed E-state index contributed by atoms with van der Waals surface area (Å²) in [6, 6.07) is 17.6. The molecule has 4 aromatic rings. The van der Waals surface area contributed by atoms with E-state index in [1.54, 1.807) is 49.6 Å². The minimum atomic E-state index is -0.371. The summed E-state index contributed by atoms with van der Waals surface area (Å²) in [6.07, 6.45) is 0. The molecule has 0 N–H and O–H groups in total. The van der Waals surface area contributed by atoms with Crippen molar-refractivity contribution in [2.24, 2.45) is 0 Å². The Labute approximate surface area is 166 Å². The molecule has 0 bridgehead atoms. The summed E-state index contributed by atoms with van der Waals surface area (Å²) in [5, 5.41) is 0. The Bertz CT molecular complexity index is 1290. The van der Waals surface area contributed by atoms with E-state index in [9.17, 15) is 9.59 Å². The first-order valence-corrected chi connectivity index (χ1v) is 9.09. The van der Waals surface area contributed by atoms with Crippen molar-refractivity contribution in [1.82, 2.24) is 4.98 Å². The number of imide groups is 1. The topological polar surface area (TPSA) is 72.6 Å². The fraction of sp³-hybridized carbons (Fsp3) is 0.0870. The highest BCUT2D eigenvalue weighted by Crippen LogP contribution is 2.33. The molecule has 1 aliphatic heterocycles. The number of carbonyl (C=O) groups is 2. The lowest BCUT2D eigenvalue weighted by Gasteiger charge is -2.14. The Balaban J connectivity index is 1.54. The number of hydrogen-bond donors (Lipinski definition) is 0. The molecule has 2 amide bonds. The maximum Gasteiger partial charge on any atom is 0.266 e. The standard InChI is InChI=1S/C23H16N2O4/c1-13-3-10-19-20(11-13)29-21(24-19)14-4-9-17-18(12-14)23(27)25(22(17)26)15-5-7-16(28-2)8-6-15/h3-12H,1-2H3. The highest BCUT2D eigenvalue weighted by atomic mass is 16.5.